The van der Waals surface area contributed by atoms with E-state index in [1.54, 1.807) is 97.1 Å². The molecule has 9 rings (SSSR count). The van der Waals surface area contributed by atoms with Gasteiger partial charge >= 0.3 is 370 Å². The molecule has 8 bridgehead atoms. The minimum atomic E-state index is -1.13. The Balaban J connectivity index is 1.47. The van der Waals surface area contributed by atoms with E-state index >= 15 is 0 Å². The van der Waals surface area contributed by atoms with Crippen molar-refractivity contribution in [2.45, 2.75) is 23.7 Å². The Labute approximate surface area is 400 Å². The van der Waals surface area contributed by atoms with Gasteiger partial charge in [-0.1, -0.05) is 0 Å². The molecule has 8 aromatic rings. The molecule has 0 heterocycles. The Kier molecular flexibility index (Phi) is 12.3. The van der Waals surface area contributed by atoms with Crippen molar-refractivity contribution in [3.05, 3.63) is 223 Å². The van der Waals surface area contributed by atoms with Crippen LogP contribution in [0.5, 0.6) is 46.0 Å². The Morgan fingerprint density at radius 3 is 0.662 bits per heavy atom. The van der Waals surface area contributed by atoms with Crippen molar-refractivity contribution in [2.75, 3.05) is 0 Å². The molecule has 8 N–H and O–H groups in total. The summed E-state index contributed by atoms with van der Waals surface area (Å²) >= 11 is -2.26. The molecule has 0 amide bonds. The Morgan fingerprint density at radius 1 is 0.294 bits per heavy atom. The zero-order valence-corrected chi connectivity index (χ0v) is 37.9. The molecule has 68 heavy (non-hydrogen) atoms. The molecule has 12 nitrogen and oxygen atoms in total. The first-order chi connectivity index (χ1) is 32.8. The fourth-order valence-corrected chi connectivity index (χ4v) is 10.1. The molecule has 0 aromatic heterocycles. The molecule has 4 atom stereocenters. The van der Waals surface area contributed by atoms with Crippen molar-refractivity contribution in [1.82, 2.24) is 0 Å². The van der Waals surface area contributed by atoms with E-state index in [-0.39, 0.29) is 44.5 Å². The predicted molar refractivity (Wildman–Crippen MR) is 240 cm³/mol. The van der Waals surface area contributed by atoms with E-state index in [0.717, 1.165) is 24.3 Å². The van der Waals surface area contributed by atoms with Crippen LogP contribution in [-0.4, -0.2) is 53.4 Å². The zero-order chi connectivity index (χ0) is 48.0. The normalized spacial score (nSPS) is 16.4. The second-order valence-corrected chi connectivity index (χ2v) is 18.5. The average molecular weight is 983 g/mol. The van der Waals surface area contributed by atoms with Crippen LogP contribution < -0.4 is 8.85 Å². The van der Waals surface area contributed by atoms with Gasteiger partial charge in [-0.3, -0.25) is 9.59 Å². The number of hydrogen-bond acceptors (Lipinski definition) is 12. The number of carbonyl (C=O) groups is 2. The first-order valence-electron chi connectivity index (χ1n) is 20.9. The Bertz CT molecular complexity index is 2750. The van der Waals surface area contributed by atoms with Crippen LogP contribution in [0.4, 0.5) is 0 Å². The van der Waals surface area contributed by atoms with Crippen molar-refractivity contribution >= 4 is 21.4 Å². The summed E-state index contributed by atoms with van der Waals surface area (Å²) in [6.45, 7) is 0. The van der Waals surface area contributed by atoms with Crippen LogP contribution in [0.25, 0.3) is 0 Å². The summed E-state index contributed by atoms with van der Waals surface area (Å²) in [4.78, 5) is 23.7. The SMILES string of the molecule is O=Cc1ccc(C2c3cc(c(O)cc3O)C(c3ccc(C=O)cc3)c3cc(c(O)cc3O)C(c3cc[c]([Cr]=[O])cc3)c3cc(c(O)cc3O)C(c3cc[c]([Cr]=[O])cc3)c3cc2c(O)cc3O)cc1. The summed E-state index contributed by atoms with van der Waals surface area (Å²) in [5, 5.41) is 95.8. The number of aromatic hydroxyl groups is 8. The summed E-state index contributed by atoms with van der Waals surface area (Å²) in [5.41, 5.74) is 3.49. The molecule has 0 saturated heterocycles. The van der Waals surface area contributed by atoms with Gasteiger partial charge in [0.2, 0.25) is 0 Å². The summed E-state index contributed by atoms with van der Waals surface area (Å²) in [5.74, 6) is -7.81. The molecule has 0 radical (unpaired) electrons. The Hall–Kier alpha value is -7.84. The van der Waals surface area contributed by atoms with Crippen LogP contribution in [0.3, 0.4) is 0 Å². The standard InChI is InChI=1S/C54H38O10.2Cr.2O/c55-27-29-11-15-33(16-12-29)53-39-20-37(45(59)24-47(39)61)51(31-7-3-1-4-8-31)35-19-36(44(58)23-43(35)57)52(32-9-5-2-6-10-32)38-21-40(48(62)25-46(38)60)54(34-17-13-30(28-56)14-18-34)42-22-41(53)49(63)26-50(42)64;;;;/h3-28,51-54,57-64H;;;;. The molecule has 8 aromatic carbocycles. The van der Waals surface area contributed by atoms with E-state index in [9.17, 15) is 58.0 Å². The van der Waals surface area contributed by atoms with E-state index < -0.39 is 100.0 Å². The van der Waals surface area contributed by atoms with Gasteiger partial charge in [-0.05, 0) is 0 Å². The minimum absolute atomic E-state index is 0.120. The molecule has 0 aliphatic heterocycles. The first kappa shape index (κ1) is 45.3. The molecule has 1 aliphatic carbocycles. The van der Waals surface area contributed by atoms with Gasteiger partial charge < -0.3 is 0 Å². The number of rotatable bonds is 8. The maximum absolute atomic E-state index is 12.1. The van der Waals surface area contributed by atoms with E-state index in [1.165, 1.54) is 24.3 Å². The second kappa shape index (κ2) is 18.4. The van der Waals surface area contributed by atoms with Gasteiger partial charge in [0.1, 0.15) is 12.6 Å². The van der Waals surface area contributed by atoms with Crippen LogP contribution in [-0.2, 0) is 37.9 Å². The molecular weight excluding hydrogens is 945 g/mol. The molecule has 0 fully saturated rings. The summed E-state index contributed by atoms with van der Waals surface area (Å²) in [7, 11) is 0. The summed E-state index contributed by atoms with van der Waals surface area (Å²) < 4.78 is 25.1. The van der Waals surface area contributed by atoms with E-state index in [2.05, 4.69) is 0 Å². The van der Waals surface area contributed by atoms with E-state index in [1.807, 2.05) is 0 Å². The summed E-state index contributed by atoms with van der Waals surface area (Å²) in [6, 6.07) is 36.5. The number of aldehydes is 2. The quantitative estimate of drug-likeness (QED) is 0.0676. The third-order valence-corrected chi connectivity index (χ3v) is 14.1. The fraction of sp³-hybridized carbons (Fsp3) is 0.0741. The van der Waals surface area contributed by atoms with Gasteiger partial charge in [-0.25, -0.2) is 0 Å². The van der Waals surface area contributed by atoms with Crippen LogP contribution in [0.15, 0.2) is 146 Å². The number of benzene rings is 8. The van der Waals surface area contributed by atoms with Gasteiger partial charge in [0.05, 0.1) is 0 Å². The molecule has 14 heteroatoms. The first-order valence-corrected chi connectivity index (χ1v) is 23.3. The van der Waals surface area contributed by atoms with Crippen LogP contribution >= 0.6 is 0 Å². The molecule has 0 spiro atoms. The predicted octanol–water partition coefficient (Wildman–Crippen LogP) is 8.10. The van der Waals surface area contributed by atoms with E-state index in [0.29, 0.717) is 54.8 Å². The topological polar surface area (TPSA) is 230 Å². The Morgan fingerprint density at radius 2 is 0.485 bits per heavy atom. The van der Waals surface area contributed by atoms with Crippen molar-refractivity contribution in [3.63, 3.8) is 0 Å². The third-order valence-electron chi connectivity index (χ3n) is 12.6. The van der Waals surface area contributed by atoms with Gasteiger partial charge in [-0.2, -0.15) is 0 Å². The van der Waals surface area contributed by atoms with E-state index in [4.69, 9.17) is 0 Å². The number of phenolic OH excluding ortho intramolecular Hbond substituents is 8. The molecule has 338 valence electrons. The average Bonchev–Trinajstić information content (AvgIpc) is 3.34. The number of phenols is 8. The van der Waals surface area contributed by atoms with Crippen molar-refractivity contribution in [2.24, 2.45) is 0 Å². The fourth-order valence-electron chi connectivity index (χ4n) is 9.37. The number of carbonyl (C=O) groups excluding carboxylic acids is 2. The molecule has 0 saturated carbocycles. The second-order valence-electron chi connectivity index (χ2n) is 16.5. The van der Waals surface area contributed by atoms with Crippen molar-refractivity contribution in [3.8, 4) is 46.0 Å². The maximum atomic E-state index is 12.1. The monoisotopic (exact) mass is 982 g/mol. The summed E-state index contributed by atoms with van der Waals surface area (Å²) in [6.07, 6.45) is 1.31. The zero-order valence-electron chi connectivity index (χ0n) is 35.3. The van der Waals surface area contributed by atoms with Crippen molar-refractivity contribution < 1.29 is 88.4 Å². The van der Waals surface area contributed by atoms with Gasteiger partial charge in [-0.15, -0.1) is 0 Å². The molecular formula is C54H38Cr2O12. The van der Waals surface area contributed by atoms with Crippen LogP contribution in [0.1, 0.15) is 111 Å². The number of hydrogen-bond donors (Lipinski definition) is 8. The molecule has 4 unspecified atom stereocenters. The van der Waals surface area contributed by atoms with Crippen molar-refractivity contribution in [1.29, 1.82) is 0 Å². The van der Waals surface area contributed by atoms with Gasteiger partial charge in [0.25, 0.3) is 0 Å². The molecule has 1 aliphatic rings. The van der Waals surface area contributed by atoms with Crippen LogP contribution in [0.2, 0.25) is 0 Å². The third kappa shape index (κ3) is 8.21. The number of fused-ring (bicyclic) bond motifs is 8. The van der Waals surface area contributed by atoms with Gasteiger partial charge in [0, 0.05) is 11.1 Å². The van der Waals surface area contributed by atoms with Crippen LogP contribution in [0, 0.1) is 0 Å². The van der Waals surface area contributed by atoms with Gasteiger partial charge in [0.15, 0.2) is 0 Å².